The van der Waals surface area contributed by atoms with Crippen LogP contribution in [0.4, 0.5) is 0 Å². The lowest BCUT2D eigenvalue weighted by molar-refractivity contribution is -0.248. The third-order valence-corrected chi connectivity index (χ3v) is 0.539. The molecule has 0 radical (unpaired) electrons. The fourth-order valence-corrected chi connectivity index (χ4v) is 0.295. The van der Waals surface area contributed by atoms with Crippen LogP contribution in [0.3, 0.4) is 0 Å². The van der Waals surface area contributed by atoms with Crippen LogP contribution in [0.15, 0.2) is 0 Å². The van der Waals surface area contributed by atoms with Crippen molar-refractivity contribution in [1.82, 2.24) is 0 Å². The molecule has 5 nitrogen and oxygen atoms in total. The first kappa shape index (κ1) is 9.83. The zero-order valence-electron chi connectivity index (χ0n) is 5.61. The maximum absolute atomic E-state index is 9.19. The van der Waals surface area contributed by atoms with Gasteiger partial charge in [0.15, 0.2) is 0 Å². The standard InChI is InChI=1S/C3H6O2.CH4O3S/c1-2-4-5-3-1;1-5(2,3)4/h1-3H2;1H3,(H,2,3,4). The van der Waals surface area contributed by atoms with E-state index in [4.69, 9.17) is 4.55 Å². The van der Waals surface area contributed by atoms with E-state index in [1.54, 1.807) is 0 Å². The fraction of sp³-hybridized carbons (Fsp3) is 1.00. The van der Waals surface area contributed by atoms with Crippen LogP contribution in [-0.4, -0.2) is 32.4 Å². The van der Waals surface area contributed by atoms with E-state index >= 15 is 0 Å². The van der Waals surface area contributed by atoms with Gasteiger partial charge in [-0.05, 0) is 0 Å². The number of hydrogen-bond donors (Lipinski definition) is 1. The summed E-state index contributed by atoms with van der Waals surface area (Å²) in [6.45, 7) is 1.56. The maximum Gasteiger partial charge on any atom is 0.261 e. The Bertz CT molecular complexity index is 141. The van der Waals surface area contributed by atoms with Gasteiger partial charge in [0.25, 0.3) is 10.1 Å². The van der Waals surface area contributed by atoms with E-state index in [9.17, 15) is 8.42 Å². The van der Waals surface area contributed by atoms with Crippen LogP contribution in [0.2, 0.25) is 0 Å². The Kier molecular flexibility index (Phi) is 4.54. The lowest BCUT2D eigenvalue weighted by atomic mass is 10.5. The second-order valence-corrected chi connectivity index (χ2v) is 3.20. The van der Waals surface area contributed by atoms with Crippen molar-refractivity contribution in [2.45, 2.75) is 6.42 Å². The SMILES string of the molecule is C1COOC1.CS(=O)(=O)O. The molecule has 0 amide bonds. The smallest absolute Gasteiger partial charge is 0.261 e. The predicted octanol–water partition coefficient (Wildman–Crippen LogP) is -0.158. The van der Waals surface area contributed by atoms with Crippen molar-refractivity contribution < 1.29 is 22.7 Å². The maximum atomic E-state index is 9.19. The van der Waals surface area contributed by atoms with Gasteiger partial charge in [-0.2, -0.15) is 8.42 Å². The molecule has 6 heteroatoms. The Balaban J connectivity index is 0.000000162. The molecule has 10 heavy (non-hydrogen) atoms. The molecule has 1 aliphatic heterocycles. The van der Waals surface area contributed by atoms with E-state index in [0.717, 1.165) is 19.6 Å². The van der Waals surface area contributed by atoms with Gasteiger partial charge in [-0.25, -0.2) is 9.78 Å². The van der Waals surface area contributed by atoms with E-state index < -0.39 is 10.1 Å². The summed E-state index contributed by atoms with van der Waals surface area (Å²) in [7, 11) is -3.67. The minimum atomic E-state index is -3.67. The third kappa shape index (κ3) is 15.7. The summed E-state index contributed by atoms with van der Waals surface area (Å²) in [5.41, 5.74) is 0. The average molecular weight is 170 g/mol. The summed E-state index contributed by atoms with van der Waals surface area (Å²) in [5, 5.41) is 0. The normalized spacial score (nSPS) is 17.8. The molecular formula is C4H10O5S. The first-order chi connectivity index (χ1) is 4.50. The molecule has 0 spiro atoms. The molecule has 0 atom stereocenters. The highest BCUT2D eigenvalue weighted by Gasteiger charge is 1.95. The van der Waals surface area contributed by atoms with Crippen molar-refractivity contribution in [3.63, 3.8) is 0 Å². The van der Waals surface area contributed by atoms with Crippen molar-refractivity contribution in [2.24, 2.45) is 0 Å². The Labute approximate surface area is 59.6 Å². The van der Waals surface area contributed by atoms with E-state index in [2.05, 4.69) is 9.78 Å². The second-order valence-electron chi connectivity index (χ2n) is 1.73. The van der Waals surface area contributed by atoms with Crippen LogP contribution in [0.5, 0.6) is 0 Å². The second kappa shape index (κ2) is 4.62. The van der Waals surface area contributed by atoms with Gasteiger partial charge in [-0.15, -0.1) is 0 Å². The number of rotatable bonds is 0. The molecule has 0 aromatic carbocycles. The molecule has 62 valence electrons. The highest BCUT2D eigenvalue weighted by atomic mass is 32.2. The molecule has 1 saturated heterocycles. The molecule has 1 N–H and O–H groups in total. The third-order valence-electron chi connectivity index (χ3n) is 0.539. The van der Waals surface area contributed by atoms with Crippen LogP contribution < -0.4 is 0 Å². The Hall–Kier alpha value is -0.170. The van der Waals surface area contributed by atoms with Crippen molar-refractivity contribution in [1.29, 1.82) is 0 Å². The summed E-state index contributed by atoms with van der Waals surface area (Å²) in [6, 6.07) is 0. The van der Waals surface area contributed by atoms with Gasteiger partial charge >= 0.3 is 0 Å². The largest absolute Gasteiger partial charge is 0.286 e. The van der Waals surface area contributed by atoms with E-state index in [1.807, 2.05) is 0 Å². The highest BCUT2D eigenvalue weighted by Crippen LogP contribution is 1.93. The lowest BCUT2D eigenvalue weighted by Crippen LogP contribution is -1.88. The Morgan fingerprint density at radius 2 is 1.60 bits per heavy atom. The molecule has 0 unspecified atom stereocenters. The van der Waals surface area contributed by atoms with E-state index in [1.165, 1.54) is 0 Å². The molecule has 0 bridgehead atoms. The molecule has 0 saturated carbocycles. The first-order valence-corrected chi connectivity index (χ1v) is 4.52. The molecule has 0 aromatic rings. The van der Waals surface area contributed by atoms with Gasteiger partial charge in [-0.3, -0.25) is 4.55 Å². The first-order valence-electron chi connectivity index (χ1n) is 2.67. The molecule has 1 fully saturated rings. The van der Waals surface area contributed by atoms with Crippen LogP contribution in [0.1, 0.15) is 6.42 Å². The summed E-state index contributed by atoms with van der Waals surface area (Å²) in [6.07, 6.45) is 1.77. The topological polar surface area (TPSA) is 72.8 Å². The zero-order chi connectivity index (χ0) is 8.04. The molecular weight excluding hydrogens is 160 g/mol. The van der Waals surface area contributed by atoms with Gasteiger partial charge in [0.1, 0.15) is 0 Å². The van der Waals surface area contributed by atoms with Crippen LogP contribution in [0.25, 0.3) is 0 Å². The highest BCUT2D eigenvalue weighted by molar-refractivity contribution is 7.85. The van der Waals surface area contributed by atoms with Crippen LogP contribution in [0, 0.1) is 0 Å². The summed E-state index contributed by atoms with van der Waals surface area (Å²) in [5.74, 6) is 0. The predicted molar refractivity (Wildman–Crippen MR) is 34.0 cm³/mol. The summed E-state index contributed by atoms with van der Waals surface area (Å²) < 4.78 is 25.9. The van der Waals surface area contributed by atoms with E-state index in [-0.39, 0.29) is 0 Å². The lowest BCUT2D eigenvalue weighted by Gasteiger charge is -1.77. The van der Waals surface area contributed by atoms with Crippen LogP contribution >= 0.6 is 0 Å². The van der Waals surface area contributed by atoms with Crippen molar-refractivity contribution in [3.8, 4) is 0 Å². The van der Waals surface area contributed by atoms with E-state index in [0.29, 0.717) is 6.26 Å². The van der Waals surface area contributed by atoms with Gasteiger partial charge < -0.3 is 0 Å². The minimum absolute atomic E-state index is 0.715. The summed E-state index contributed by atoms with van der Waals surface area (Å²) >= 11 is 0. The zero-order valence-corrected chi connectivity index (χ0v) is 6.43. The molecule has 1 heterocycles. The quantitative estimate of drug-likeness (QED) is 0.404. The van der Waals surface area contributed by atoms with Crippen LogP contribution in [-0.2, 0) is 19.9 Å². The van der Waals surface area contributed by atoms with Crippen molar-refractivity contribution >= 4 is 10.1 Å². The van der Waals surface area contributed by atoms with Gasteiger partial charge in [-0.1, -0.05) is 0 Å². The van der Waals surface area contributed by atoms with Gasteiger partial charge in [0, 0.05) is 6.42 Å². The molecule has 0 aromatic heterocycles. The Morgan fingerprint density at radius 1 is 1.30 bits per heavy atom. The molecule has 1 rings (SSSR count). The average Bonchev–Trinajstić information content (AvgIpc) is 2.07. The monoisotopic (exact) mass is 170 g/mol. The van der Waals surface area contributed by atoms with Crippen molar-refractivity contribution in [2.75, 3.05) is 19.5 Å². The van der Waals surface area contributed by atoms with Gasteiger partial charge in [0.2, 0.25) is 0 Å². The summed E-state index contributed by atoms with van der Waals surface area (Å²) in [4.78, 5) is 8.89. The molecule has 1 aliphatic rings. The minimum Gasteiger partial charge on any atom is -0.286 e. The van der Waals surface area contributed by atoms with Crippen molar-refractivity contribution in [3.05, 3.63) is 0 Å². The fourth-order valence-electron chi connectivity index (χ4n) is 0.295. The van der Waals surface area contributed by atoms with Gasteiger partial charge in [0.05, 0.1) is 19.5 Å². The molecule has 0 aliphatic carbocycles. The number of hydrogen-bond acceptors (Lipinski definition) is 4. The Morgan fingerprint density at radius 3 is 1.70 bits per heavy atom.